The van der Waals surface area contributed by atoms with Crippen molar-refractivity contribution in [2.75, 3.05) is 26.7 Å². The monoisotopic (exact) mass is 345 g/mol. The molecule has 0 aromatic heterocycles. The number of carbonyl (C=O) groups excluding carboxylic acids is 2. The summed E-state index contributed by atoms with van der Waals surface area (Å²) in [5, 5.41) is 3.09. The number of urea groups is 1. The van der Waals surface area contributed by atoms with E-state index in [1.807, 2.05) is 24.1 Å². The standard InChI is InChI=1S/C20H31N3O2/c1-15-8-6-7-9-18(15)20(3,4)14-21-19(25)23-12-10-17(11-13-23)22(5)16(2)24/h6-9,17H,10-14H2,1-5H3,(H,21,25). The van der Waals surface area contributed by atoms with E-state index < -0.39 is 0 Å². The molecule has 1 N–H and O–H groups in total. The molecule has 0 spiro atoms. The zero-order valence-corrected chi connectivity index (χ0v) is 16.1. The minimum absolute atomic E-state index is 0.00872. The number of nitrogens with zero attached hydrogens (tertiary/aromatic N) is 2. The van der Waals surface area contributed by atoms with Crippen molar-refractivity contribution in [3.63, 3.8) is 0 Å². The Labute approximate surface area is 151 Å². The average molecular weight is 345 g/mol. The van der Waals surface area contributed by atoms with Crippen LogP contribution < -0.4 is 5.32 Å². The Bertz CT molecular complexity index is 619. The zero-order valence-electron chi connectivity index (χ0n) is 16.1. The molecule has 1 saturated heterocycles. The third-order valence-electron chi connectivity index (χ3n) is 5.35. The fourth-order valence-corrected chi connectivity index (χ4v) is 3.55. The first-order valence-electron chi connectivity index (χ1n) is 9.04. The number of piperidine rings is 1. The Kier molecular flexibility index (Phi) is 6.09. The molecule has 0 saturated carbocycles. The third kappa shape index (κ3) is 4.74. The summed E-state index contributed by atoms with van der Waals surface area (Å²) >= 11 is 0. The lowest BCUT2D eigenvalue weighted by atomic mass is 9.82. The van der Waals surface area contributed by atoms with Crippen molar-refractivity contribution in [1.82, 2.24) is 15.1 Å². The lowest BCUT2D eigenvalue weighted by Gasteiger charge is -2.37. The number of amides is 3. The Hall–Kier alpha value is -2.04. The van der Waals surface area contributed by atoms with Crippen LogP contribution in [0, 0.1) is 6.92 Å². The van der Waals surface area contributed by atoms with E-state index >= 15 is 0 Å². The van der Waals surface area contributed by atoms with Crippen molar-refractivity contribution in [2.24, 2.45) is 0 Å². The highest BCUT2D eigenvalue weighted by atomic mass is 16.2. The van der Waals surface area contributed by atoms with Crippen LogP contribution in [0.15, 0.2) is 24.3 Å². The molecule has 5 heteroatoms. The molecule has 1 aromatic carbocycles. The molecular weight excluding hydrogens is 314 g/mol. The summed E-state index contributed by atoms with van der Waals surface area (Å²) in [6.45, 7) is 10.00. The quantitative estimate of drug-likeness (QED) is 0.912. The minimum Gasteiger partial charge on any atom is -0.343 e. The van der Waals surface area contributed by atoms with E-state index in [-0.39, 0.29) is 23.4 Å². The van der Waals surface area contributed by atoms with Gasteiger partial charge in [-0.25, -0.2) is 4.79 Å². The molecule has 25 heavy (non-hydrogen) atoms. The zero-order chi connectivity index (χ0) is 18.6. The Balaban J connectivity index is 1.87. The Morgan fingerprint density at radius 1 is 1.24 bits per heavy atom. The van der Waals surface area contributed by atoms with Crippen molar-refractivity contribution >= 4 is 11.9 Å². The fourth-order valence-electron chi connectivity index (χ4n) is 3.55. The van der Waals surface area contributed by atoms with Crippen LogP contribution in [0.4, 0.5) is 4.79 Å². The number of rotatable bonds is 4. The Morgan fingerprint density at radius 2 is 1.84 bits per heavy atom. The summed E-state index contributed by atoms with van der Waals surface area (Å²) in [5.41, 5.74) is 2.39. The molecule has 138 valence electrons. The summed E-state index contributed by atoms with van der Waals surface area (Å²) < 4.78 is 0. The molecular formula is C20H31N3O2. The van der Waals surface area contributed by atoms with Crippen LogP contribution in [0.2, 0.25) is 0 Å². The van der Waals surface area contributed by atoms with E-state index in [1.165, 1.54) is 11.1 Å². The predicted molar refractivity (Wildman–Crippen MR) is 101 cm³/mol. The van der Waals surface area contributed by atoms with Gasteiger partial charge in [0.2, 0.25) is 5.91 Å². The van der Waals surface area contributed by atoms with Crippen molar-refractivity contribution in [2.45, 2.75) is 52.0 Å². The van der Waals surface area contributed by atoms with Gasteiger partial charge in [0.15, 0.2) is 0 Å². The number of aryl methyl sites for hydroxylation is 1. The molecule has 0 aliphatic carbocycles. The molecule has 1 heterocycles. The number of likely N-dealkylation sites (tertiary alicyclic amines) is 1. The molecule has 2 rings (SSSR count). The van der Waals surface area contributed by atoms with Gasteiger partial charge in [-0.3, -0.25) is 4.79 Å². The summed E-state index contributed by atoms with van der Waals surface area (Å²) in [6, 6.07) is 8.55. The van der Waals surface area contributed by atoms with E-state index in [4.69, 9.17) is 0 Å². The molecule has 5 nitrogen and oxygen atoms in total. The van der Waals surface area contributed by atoms with Crippen LogP contribution in [0.1, 0.15) is 44.7 Å². The number of benzene rings is 1. The van der Waals surface area contributed by atoms with E-state index in [9.17, 15) is 9.59 Å². The van der Waals surface area contributed by atoms with Crippen LogP contribution in [0.5, 0.6) is 0 Å². The Morgan fingerprint density at radius 3 is 2.40 bits per heavy atom. The van der Waals surface area contributed by atoms with Gasteiger partial charge in [0.05, 0.1) is 0 Å². The van der Waals surface area contributed by atoms with Crippen molar-refractivity contribution in [1.29, 1.82) is 0 Å². The molecule has 0 unspecified atom stereocenters. The number of carbonyl (C=O) groups is 2. The number of hydrogen-bond donors (Lipinski definition) is 1. The lowest BCUT2D eigenvalue weighted by molar-refractivity contribution is -0.130. The highest BCUT2D eigenvalue weighted by molar-refractivity contribution is 5.75. The number of nitrogens with one attached hydrogen (secondary N) is 1. The van der Waals surface area contributed by atoms with Gasteiger partial charge in [-0.1, -0.05) is 38.1 Å². The van der Waals surface area contributed by atoms with Crippen LogP contribution in [0.25, 0.3) is 0 Å². The maximum Gasteiger partial charge on any atom is 0.317 e. The maximum absolute atomic E-state index is 12.5. The van der Waals surface area contributed by atoms with Gasteiger partial charge in [0.1, 0.15) is 0 Å². The largest absolute Gasteiger partial charge is 0.343 e. The third-order valence-corrected chi connectivity index (χ3v) is 5.35. The highest BCUT2D eigenvalue weighted by Gasteiger charge is 2.28. The van der Waals surface area contributed by atoms with Gasteiger partial charge in [-0.05, 0) is 30.9 Å². The van der Waals surface area contributed by atoms with Gasteiger partial charge >= 0.3 is 6.03 Å². The van der Waals surface area contributed by atoms with Crippen LogP contribution in [-0.4, -0.2) is 54.5 Å². The van der Waals surface area contributed by atoms with Crippen LogP contribution in [0.3, 0.4) is 0 Å². The topological polar surface area (TPSA) is 52.7 Å². The van der Waals surface area contributed by atoms with E-state index in [2.05, 4.69) is 38.2 Å². The first-order valence-corrected chi connectivity index (χ1v) is 9.04. The minimum atomic E-state index is -0.117. The molecule has 0 bridgehead atoms. The van der Waals surface area contributed by atoms with Crippen LogP contribution >= 0.6 is 0 Å². The molecule has 0 radical (unpaired) electrons. The molecule has 1 fully saturated rings. The molecule has 1 aliphatic heterocycles. The lowest BCUT2D eigenvalue weighted by Crippen LogP contribution is -2.51. The second-order valence-electron chi connectivity index (χ2n) is 7.71. The summed E-state index contributed by atoms with van der Waals surface area (Å²) in [5.74, 6) is 0.0860. The SMILES string of the molecule is CC(=O)N(C)C1CCN(C(=O)NCC(C)(C)c2ccccc2C)CC1. The van der Waals surface area contributed by atoms with Gasteiger partial charge in [0.25, 0.3) is 0 Å². The normalized spacial score (nSPS) is 15.8. The average Bonchev–Trinajstić information content (AvgIpc) is 2.59. The summed E-state index contributed by atoms with van der Waals surface area (Å²) in [4.78, 5) is 27.6. The summed E-state index contributed by atoms with van der Waals surface area (Å²) in [6.07, 6.45) is 1.68. The second-order valence-corrected chi connectivity index (χ2v) is 7.71. The van der Waals surface area contributed by atoms with E-state index in [0.717, 1.165) is 12.8 Å². The first kappa shape index (κ1) is 19.3. The highest BCUT2D eigenvalue weighted by Crippen LogP contribution is 2.25. The van der Waals surface area contributed by atoms with Crippen molar-refractivity contribution < 1.29 is 9.59 Å². The van der Waals surface area contributed by atoms with Crippen LogP contribution in [-0.2, 0) is 10.2 Å². The molecule has 1 aromatic rings. The maximum atomic E-state index is 12.5. The summed E-state index contributed by atoms with van der Waals surface area (Å²) in [7, 11) is 1.84. The van der Waals surface area contributed by atoms with E-state index in [0.29, 0.717) is 19.6 Å². The fraction of sp³-hybridized carbons (Fsp3) is 0.600. The molecule has 1 aliphatic rings. The van der Waals surface area contributed by atoms with Gasteiger partial charge in [-0.2, -0.15) is 0 Å². The van der Waals surface area contributed by atoms with Crippen molar-refractivity contribution in [3.8, 4) is 0 Å². The van der Waals surface area contributed by atoms with Gasteiger partial charge < -0.3 is 15.1 Å². The van der Waals surface area contributed by atoms with Crippen molar-refractivity contribution in [3.05, 3.63) is 35.4 Å². The van der Waals surface area contributed by atoms with E-state index in [1.54, 1.807) is 11.8 Å². The second kappa shape index (κ2) is 7.89. The van der Waals surface area contributed by atoms with Gasteiger partial charge in [0, 0.05) is 45.1 Å². The van der Waals surface area contributed by atoms with Gasteiger partial charge in [-0.15, -0.1) is 0 Å². The smallest absolute Gasteiger partial charge is 0.317 e. The number of hydrogen-bond acceptors (Lipinski definition) is 2. The molecule has 3 amide bonds. The molecule has 0 atom stereocenters. The first-order chi connectivity index (χ1) is 11.7. The predicted octanol–water partition coefficient (Wildman–Crippen LogP) is 2.92.